The summed E-state index contributed by atoms with van der Waals surface area (Å²) in [6.45, 7) is 4.16. The van der Waals surface area contributed by atoms with Crippen LogP contribution in [0.2, 0.25) is 0 Å². The standard InChI is InChI=1S/C11H19BrN4O2/c1-3-4-13-10-14-5-8(12)9(15-10)16-11(2,6-17)7-18/h5,17-18H,3-4,6-7H2,1-2H3,(H2,13,14,15,16). The third-order valence-electron chi connectivity index (χ3n) is 2.40. The molecule has 0 saturated heterocycles. The van der Waals surface area contributed by atoms with Crippen molar-refractivity contribution in [3.8, 4) is 0 Å². The van der Waals surface area contributed by atoms with Crippen molar-refractivity contribution >= 4 is 27.7 Å². The summed E-state index contributed by atoms with van der Waals surface area (Å²) in [7, 11) is 0. The number of nitrogens with one attached hydrogen (secondary N) is 2. The van der Waals surface area contributed by atoms with Gasteiger partial charge in [-0.05, 0) is 29.3 Å². The predicted molar refractivity (Wildman–Crippen MR) is 74.7 cm³/mol. The Bertz CT molecular complexity index is 385. The monoisotopic (exact) mass is 318 g/mol. The highest BCUT2D eigenvalue weighted by atomic mass is 79.9. The number of nitrogens with zero attached hydrogens (tertiary/aromatic N) is 2. The lowest BCUT2D eigenvalue weighted by Gasteiger charge is -2.27. The first-order valence-electron chi connectivity index (χ1n) is 5.81. The molecular weight excluding hydrogens is 300 g/mol. The molecule has 1 aromatic heterocycles. The number of aliphatic hydroxyl groups is 2. The molecule has 0 amide bonds. The van der Waals surface area contributed by atoms with Crippen molar-refractivity contribution in [2.24, 2.45) is 0 Å². The molecular formula is C11H19BrN4O2. The number of hydrogen-bond acceptors (Lipinski definition) is 6. The number of rotatable bonds is 7. The van der Waals surface area contributed by atoms with Crippen LogP contribution in [-0.4, -0.2) is 45.5 Å². The maximum absolute atomic E-state index is 9.25. The van der Waals surface area contributed by atoms with E-state index in [9.17, 15) is 10.2 Å². The minimum atomic E-state index is -0.821. The van der Waals surface area contributed by atoms with Crippen molar-refractivity contribution in [1.29, 1.82) is 0 Å². The number of hydrogen-bond donors (Lipinski definition) is 4. The topological polar surface area (TPSA) is 90.3 Å². The largest absolute Gasteiger partial charge is 0.394 e. The molecule has 1 rings (SSSR count). The van der Waals surface area contributed by atoms with E-state index >= 15 is 0 Å². The number of aliphatic hydroxyl groups excluding tert-OH is 2. The van der Waals surface area contributed by atoms with Crippen molar-refractivity contribution in [2.45, 2.75) is 25.8 Å². The van der Waals surface area contributed by atoms with Gasteiger partial charge in [-0.1, -0.05) is 6.92 Å². The number of halogens is 1. The zero-order chi connectivity index (χ0) is 13.6. The Morgan fingerprint density at radius 2 is 2.06 bits per heavy atom. The third kappa shape index (κ3) is 4.08. The van der Waals surface area contributed by atoms with Gasteiger partial charge in [0.25, 0.3) is 0 Å². The summed E-state index contributed by atoms with van der Waals surface area (Å²) in [6, 6.07) is 0. The Balaban J connectivity index is 2.86. The molecule has 0 aliphatic carbocycles. The highest BCUT2D eigenvalue weighted by molar-refractivity contribution is 9.10. The molecule has 0 aromatic carbocycles. The van der Waals surface area contributed by atoms with E-state index in [1.807, 2.05) is 0 Å². The molecule has 0 unspecified atom stereocenters. The summed E-state index contributed by atoms with van der Waals surface area (Å²) >= 11 is 3.33. The zero-order valence-corrected chi connectivity index (χ0v) is 12.2. The first-order valence-corrected chi connectivity index (χ1v) is 6.60. The van der Waals surface area contributed by atoms with E-state index in [0.29, 0.717) is 16.2 Å². The van der Waals surface area contributed by atoms with E-state index in [1.165, 1.54) is 0 Å². The average Bonchev–Trinajstić information content (AvgIpc) is 2.39. The Hall–Kier alpha value is -0.920. The second kappa shape index (κ2) is 6.86. The smallest absolute Gasteiger partial charge is 0.224 e. The lowest BCUT2D eigenvalue weighted by molar-refractivity contribution is 0.147. The van der Waals surface area contributed by atoms with Crippen LogP contribution in [0.5, 0.6) is 0 Å². The SMILES string of the molecule is CCCNc1ncc(Br)c(NC(C)(CO)CO)n1. The van der Waals surface area contributed by atoms with Gasteiger partial charge in [-0.2, -0.15) is 4.98 Å². The highest BCUT2D eigenvalue weighted by Gasteiger charge is 2.23. The molecule has 4 N–H and O–H groups in total. The predicted octanol–water partition coefficient (Wildman–Crippen LogP) is 1.22. The Kier molecular flexibility index (Phi) is 5.77. The summed E-state index contributed by atoms with van der Waals surface area (Å²) in [5, 5.41) is 24.6. The molecule has 0 radical (unpaired) electrons. The fourth-order valence-corrected chi connectivity index (χ4v) is 1.48. The molecule has 0 saturated carbocycles. The van der Waals surface area contributed by atoms with Gasteiger partial charge in [-0.3, -0.25) is 0 Å². The van der Waals surface area contributed by atoms with Gasteiger partial charge in [0.15, 0.2) is 0 Å². The number of anilines is 2. The summed E-state index contributed by atoms with van der Waals surface area (Å²) in [5.74, 6) is 1.05. The van der Waals surface area contributed by atoms with E-state index in [4.69, 9.17) is 0 Å². The van der Waals surface area contributed by atoms with Crippen LogP contribution in [0, 0.1) is 0 Å². The van der Waals surface area contributed by atoms with Gasteiger partial charge in [0.1, 0.15) is 5.82 Å². The van der Waals surface area contributed by atoms with Crippen molar-refractivity contribution in [3.63, 3.8) is 0 Å². The fraction of sp³-hybridized carbons (Fsp3) is 0.636. The quantitative estimate of drug-likeness (QED) is 0.604. The van der Waals surface area contributed by atoms with Gasteiger partial charge in [0.2, 0.25) is 5.95 Å². The van der Waals surface area contributed by atoms with Crippen LogP contribution >= 0.6 is 15.9 Å². The first kappa shape index (κ1) is 15.1. The molecule has 0 aliphatic heterocycles. The second-order valence-electron chi connectivity index (χ2n) is 4.32. The van der Waals surface area contributed by atoms with Gasteiger partial charge in [-0.25, -0.2) is 4.98 Å². The van der Waals surface area contributed by atoms with Crippen LogP contribution in [0.15, 0.2) is 10.7 Å². The Labute approximate surface area is 115 Å². The summed E-state index contributed by atoms with van der Waals surface area (Å²) in [4.78, 5) is 8.41. The second-order valence-corrected chi connectivity index (χ2v) is 5.17. The van der Waals surface area contributed by atoms with E-state index in [-0.39, 0.29) is 13.2 Å². The third-order valence-corrected chi connectivity index (χ3v) is 2.98. The molecule has 7 heteroatoms. The van der Waals surface area contributed by atoms with Crippen molar-refractivity contribution in [3.05, 3.63) is 10.7 Å². The molecule has 6 nitrogen and oxygen atoms in total. The van der Waals surface area contributed by atoms with Crippen LogP contribution in [0.25, 0.3) is 0 Å². The maximum Gasteiger partial charge on any atom is 0.224 e. The molecule has 0 spiro atoms. The van der Waals surface area contributed by atoms with Crippen LogP contribution in [0.4, 0.5) is 11.8 Å². The van der Waals surface area contributed by atoms with Gasteiger partial charge in [0, 0.05) is 12.7 Å². The van der Waals surface area contributed by atoms with Crippen LogP contribution in [0.3, 0.4) is 0 Å². The van der Waals surface area contributed by atoms with Crippen molar-refractivity contribution in [1.82, 2.24) is 9.97 Å². The lowest BCUT2D eigenvalue weighted by atomic mass is 10.1. The van der Waals surface area contributed by atoms with Crippen LogP contribution in [0.1, 0.15) is 20.3 Å². The molecule has 0 atom stereocenters. The molecule has 18 heavy (non-hydrogen) atoms. The molecule has 102 valence electrons. The molecule has 1 aromatic rings. The van der Waals surface area contributed by atoms with Crippen molar-refractivity contribution in [2.75, 3.05) is 30.4 Å². The van der Waals surface area contributed by atoms with E-state index in [1.54, 1.807) is 13.1 Å². The highest BCUT2D eigenvalue weighted by Crippen LogP contribution is 2.23. The minimum absolute atomic E-state index is 0.197. The van der Waals surface area contributed by atoms with Gasteiger partial charge in [-0.15, -0.1) is 0 Å². The van der Waals surface area contributed by atoms with E-state index in [0.717, 1.165) is 13.0 Å². The first-order chi connectivity index (χ1) is 8.54. The fourth-order valence-electron chi connectivity index (χ4n) is 1.19. The average molecular weight is 319 g/mol. The Morgan fingerprint density at radius 3 is 2.61 bits per heavy atom. The summed E-state index contributed by atoms with van der Waals surface area (Å²) in [6.07, 6.45) is 2.61. The zero-order valence-electron chi connectivity index (χ0n) is 10.6. The maximum atomic E-state index is 9.25. The van der Waals surface area contributed by atoms with Gasteiger partial charge in [0.05, 0.1) is 23.2 Å². The van der Waals surface area contributed by atoms with Gasteiger partial charge >= 0.3 is 0 Å². The summed E-state index contributed by atoms with van der Waals surface area (Å²) in [5.41, 5.74) is -0.821. The molecule has 0 aliphatic rings. The normalized spacial score (nSPS) is 11.4. The van der Waals surface area contributed by atoms with Crippen molar-refractivity contribution < 1.29 is 10.2 Å². The minimum Gasteiger partial charge on any atom is -0.394 e. The number of aromatic nitrogens is 2. The van der Waals surface area contributed by atoms with Gasteiger partial charge < -0.3 is 20.8 Å². The Morgan fingerprint density at radius 1 is 1.39 bits per heavy atom. The molecule has 0 fully saturated rings. The van der Waals surface area contributed by atoms with Crippen LogP contribution in [-0.2, 0) is 0 Å². The molecule has 0 bridgehead atoms. The lowest BCUT2D eigenvalue weighted by Crippen LogP contribution is -2.43. The van der Waals surface area contributed by atoms with E-state index in [2.05, 4.69) is 43.5 Å². The van der Waals surface area contributed by atoms with E-state index < -0.39 is 5.54 Å². The molecule has 1 heterocycles. The van der Waals surface area contributed by atoms with Crippen LogP contribution < -0.4 is 10.6 Å². The summed E-state index contributed by atoms with van der Waals surface area (Å²) < 4.78 is 0.678.